The zero-order valence-corrected chi connectivity index (χ0v) is 15.9. The highest BCUT2D eigenvalue weighted by molar-refractivity contribution is 7.13. The summed E-state index contributed by atoms with van der Waals surface area (Å²) in [6.07, 6.45) is 3.65. The SMILES string of the molecule is Cc1ccc([C@H]2CC3CC[C@H]([C@@H]2c2nc(-c4cccs4)no2)N3C)cc1. The van der Waals surface area contributed by atoms with Crippen molar-refractivity contribution < 1.29 is 4.52 Å². The van der Waals surface area contributed by atoms with Crippen molar-refractivity contribution in [1.82, 2.24) is 15.0 Å². The lowest BCUT2D eigenvalue weighted by Gasteiger charge is -2.41. The number of likely N-dealkylation sites (N-methyl/N-ethyl adjacent to an activating group) is 1. The van der Waals surface area contributed by atoms with Crippen LogP contribution < -0.4 is 0 Å². The number of piperidine rings is 1. The number of aryl methyl sites for hydroxylation is 1. The van der Waals surface area contributed by atoms with Gasteiger partial charge in [0.05, 0.1) is 10.8 Å². The van der Waals surface area contributed by atoms with E-state index in [1.807, 2.05) is 6.07 Å². The smallest absolute Gasteiger partial charge is 0.232 e. The summed E-state index contributed by atoms with van der Waals surface area (Å²) in [4.78, 5) is 8.44. The van der Waals surface area contributed by atoms with Crippen LogP contribution in [-0.2, 0) is 0 Å². The van der Waals surface area contributed by atoms with Crippen LogP contribution in [0.2, 0.25) is 0 Å². The summed E-state index contributed by atoms with van der Waals surface area (Å²) in [7, 11) is 2.26. The van der Waals surface area contributed by atoms with Crippen LogP contribution in [0.1, 0.15) is 48.1 Å². The minimum Gasteiger partial charge on any atom is -0.339 e. The van der Waals surface area contributed by atoms with E-state index < -0.39 is 0 Å². The molecule has 1 unspecified atom stereocenters. The molecule has 1 aromatic carbocycles. The molecule has 0 radical (unpaired) electrons. The molecule has 2 saturated heterocycles. The number of benzene rings is 1. The molecule has 2 aromatic heterocycles. The normalized spacial score (nSPS) is 28.5. The average Bonchev–Trinajstić information content (AvgIpc) is 3.37. The van der Waals surface area contributed by atoms with Gasteiger partial charge in [0.15, 0.2) is 0 Å². The third-order valence-corrected chi connectivity index (χ3v) is 7.11. The van der Waals surface area contributed by atoms with Crippen molar-refractivity contribution in [3.8, 4) is 10.7 Å². The minimum atomic E-state index is 0.266. The van der Waals surface area contributed by atoms with Crippen molar-refractivity contribution in [3.63, 3.8) is 0 Å². The molecule has 0 saturated carbocycles. The molecular weight excluding hydrogens is 342 g/mol. The summed E-state index contributed by atoms with van der Waals surface area (Å²) >= 11 is 1.65. The van der Waals surface area contributed by atoms with Crippen LogP contribution in [0.25, 0.3) is 10.7 Å². The standard InChI is InChI=1S/C21H23N3OS/c1-13-5-7-14(8-6-13)16-12-15-9-10-17(24(15)2)19(16)21-22-20(23-25-21)18-4-3-11-26-18/h3-8,11,15-17,19H,9-10,12H2,1-2H3/t15?,16-,17-,19-/m1/s1. The molecule has 134 valence electrons. The minimum absolute atomic E-state index is 0.266. The predicted molar refractivity (Wildman–Crippen MR) is 103 cm³/mol. The van der Waals surface area contributed by atoms with Gasteiger partial charge in [-0.05, 0) is 56.2 Å². The van der Waals surface area contributed by atoms with E-state index in [2.05, 4.69) is 59.7 Å². The quantitative estimate of drug-likeness (QED) is 0.666. The molecule has 0 aliphatic carbocycles. The van der Waals surface area contributed by atoms with Crippen molar-refractivity contribution in [3.05, 3.63) is 58.8 Å². The Morgan fingerprint density at radius 3 is 2.77 bits per heavy atom. The van der Waals surface area contributed by atoms with Crippen LogP contribution >= 0.6 is 11.3 Å². The number of aromatic nitrogens is 2. The molecule has 4 atom stereocenters. The molecule has 26 heavy (non-hydrogen) atoms. The highest BCUT2D eigenvalue weighted by Crippen LogP contribution is 2.50. The molecule has 2 aliphatic rings. The first-order valence-electron chi connectivity index (χ1n) is 9.36. The van der Waals surface area contributed by atoms with Gasteiger partial charge in [-0.3, -0.25) is 4.90 Å². The van der Waals surface area contributed by atoms with Gasteiger partial charge in [0.1, 0.15) is 0 Å². The van der Waals surface area contributed by atoms with E-state index >= 15 is 0 Å². The van der Waals surface area contributed by atoms with Gasteiger partial charge in [0, 0.05) is 12.1 Å². The van der Waals surface area contributed by atoms with Crippen molar-refractivity contribution in [1.29, 1.82) is 0 Å². The first kappa shape index (κ1) is 16.2. The van der Waals surface area contributed by atoms with Crippen LogP contribution in [0, 0.1) is 6.92 Å². The van der Waals surface area contributed by atoms with E-state index in [-0.39, 0.29) is 5.92 Å². The third kappa shape index (κ3) is 2.61. The molecule has 2 fully saturated rings. The van der Waals surface area contributed by atoms with Crippen LogP contribution in [0.4, 0.5) is 0 Å². The second-order valence-corrected chi connectivity index (χ2v) is 8.62. The molecule has 0 amide bonds. The first-order valence-corrected chi connectivity index (χ1v) is 10.2. The lowest BCUT2D eigenvalue weighted by molar-refractivity contribution is 0.120. The van der Waals surface area contributed by atoms with Crippen molar-refractivity contribution in [2.75, 3.05) is 7.05 Å². The summed E-state index contributed by atoms with van der Waals surface area (Å²) in [6, 6.07) is 14.2. The molecule has 4 nitrogen and oxygen atoms in total. The maximum atomic E-state index is 5.82. The number of thiophene rings is 1. The molecule has 5 heteroatoms. The number of fused-ring (bicyclic) bond motifs is 2. The Kier molecular flexibility index (Phi) is 3.94. The Labute approximate surface area is 157 Å². The van der Waals surface area contributed by atoms with Crippen LogP contribution in [0.3, 0.4) is 0 Å². The zero-order chi connectivity index (χ0) is 17.7. The number of hydrogen-bond donors (Lipinski definition) is 0. The lowest BCUT2D eigenvalue weighted by Crippen LogP contribution is -2.44. The molecule has 2 aliphatic heterocycles. The summed E-state index contributed by atoms with van der Waals surface area (Å²) in [5.74, 6) is 2.24. The third-order valence-electron chi connectivity index (χ3n) is 6.24. The summed E-state index contributed by atoms with van der Waals surface area (Å²) in [5, 5.41) is 6.34. The lowest BCUT2D eigenvalue weighted by atomic mass is 9.76. The average molecular weight is 366 g/mol. The molecule has 0 spiro atoms. The van der Waals surface area contributed by atoms with E-state index in [9.17, 15) is 0 Å². The zero-order valence-electron chi connectivity index (χ0n) is 15.1. The van der Waals surface area contributed by atoms with Gasteiger partial charge in [0.25, 0.3) is 0 Å². The Morgan fingerprint density at radius 1 is 1.15 bits per heavy atom. The second kappa shape index (κ2) is 6.32. The fraction of sp³-hybridized carbons (Fsp3) is 0.429. The van der Waals surface area contributed by atoms with Crippen LogP contribution in [0.5, 0.6) is 0 Å². The first-order chi connectivity index (χ1) is 12.7. The van der Waals surface area contributed by atoms with Gasteiger partial charge < -0.3 is 4.52 Å². The molecule has 5 rings (SSSR count). The Balaban J connectivity index is 1.55. The molecule has 3 aromatic rings. The van der Waals surface area contributed by atoms with E-state index in [0.717, 1.165) is 23.0 Å². The largest absolute Gasteiger partial charge is 0.339 e. The summed E-state index contributed by atoms with van der Waals surface area (Å²) < 4.78 is 5.82. The fourth-order valence-corrected chi connectivity index (χ4v) is 5.49. The Bertz CT molecular complexity index is 886. The number of hydrogen-bond acceptors (Lipinski definition) is 5. The predicted octanol–water partition coefficient (Wildman–Crippen LogP) is 4.84. The summed E-state index contributed by atoms with van der Waals surface area (Å²) in [5.41, 5.74) is 2.71. The summed E-state index contributed by atoms with van der Waals surface area (Å²) in [6.45, 7) is 2.14. The van der Waals surface area contributed by atoms with Crippen LogP contribution in [0.15, 0.2) is 46.3 Å². The molecule has 2 bridgehead atoms. The van der Waals surface area contributed by atoms with Crippen molar-refractivity contribution in [2.45, 2.75) is 50.1 Å². The van der Waals surface area contributed by atoms with Gasteiger partial charge in [-0.25, -0.2) is 0 Å². The van der Waals surface area contributed by atoms with Gasteiger partial charge in [-0.1, -0.05) is 41.1 Å². The molecule has 0 N–H and O–H groups in total. The fourth-order valence-electron chi connectivity index (χ4n) is 4.84. The number of rotatable bonds is 3. The molecule has 4 heterocycles. The van der Waals surface area contributed by atoms with Gasteiger partial charge >= 0.3 is 0 Å². The van der Waals surface area contributed by atoms with E-state index in [1.165, 1.54) is 24.0 Å². The monoisotopic (exact) mass is 365 g/mol. The number of nitrogens with zero attached hydrogens (tertiary/aromatic N) is 3. The Hall–Kier alpha value is -1.98. The van der Waals surface area contributed by atoms with Gasteiger partial charge in [-0.15, -0.1) is 11.3 Å². The van der Waals surface area contributed by atoms with Crippen LogP contribution in [-0.4, -0.2) is 34.2 Å². The molecular formula is C21H23N3OS. The topological polar surface area (TPSA) is 42.2 Å². The highest BCUT2D eigenvalue weighted by Gasteiger charge is 2.48. The van der Waals surface area contributed by atoms with Gasteiger partial charge in [-0.2, -0.15) is 4.98 Å². The maximum Gasteiger partial charge on any atom is 0.232 e. The van der Waals surface area contributed by atoms with Crippen molar-refractivity contribution >= 4 is 11.3 Å². The van der Waals surface area contributed by atoms with E-state index in [1.54, 1.807) is 11.3 Å². The second-order valence-electron chi connectivity index (χ2n) is 7.68. The highest BCUT2D eigenvalue weighted by atomic mass is 32.1. The van der Waals surface area contributed by atoms with E-state index in [0.29, 0.717) is 18.0 Å². The van der Waals surface area contributed by atoms with E-state index in [4.69, 9.17) is 9.51 Å². The van der Waals surface area contributed by atoms with Crippen molar-refractivity contribution in [2.24, 2.45) is 0 Å². The van der Waals surface area contributed by atoms with Gasteiger partial charge in [0.2, 0.25) is 11.7 Å². The maximum absolute atomic E-state index is 5.82. The Morgan fingerprint density at radius 2 is 2.00 bits per heavy atom.